The van der Waals surface area contributed by atoms with Crippen LogP contribution in [0.5, 0.6) is 0 Å². The van der Waals surface area contributed by atoms with Crippen molar-refractivity contribution in [1.29, 1.82) is 0 Å². The lowest BCUT2D eigenvalue weighted by Gasteiger charge is -2.24. The molecular formula is C15H27NO4. The van der Waals surface area contributed by atoms with Crippen LogP contribution in [0.3, 0.4) is 0 Å². The molecule has 0 aliphatic rings. The average molecular weight is 285 g/mol. The Kier molecular flexibility index (Phi) is 7.32. The summed E-state index contributed by atoms with van der Waals surface area (Å²) in [5.74, 6) is -0.240. The van der Waals surface area contributed by atoms with Gasteiger partial charge in [0.2, 0.25) is 0 Å². The SMILES string of the molecule is CCOC(=O)/C(C)=C/C(NC(=O)OC(C)(C)C)C(C)C. The van der Waals surface area contributed by atoms with E-state index >= 15 is 0 Å². The maximum Gasteiger partial charge on any atom is 0.408 e. The third-order valence-corrected chi connectivity index (χ3v) is 2.43. The number of ether oxygens (including phenoxy) is 2. The molecule has 1 N–H and O–H groups in total. The maximum absolute atomic E-state index is 11.8. The smallest absolute Gasteiger partial charge is 0.408 e. The van der Waals surface area contributed by atoms with Gasteiger partial charge < -0.3 is 14.8 Å². The molecule has 0 aromatic rings. The Balaban J connectivity index is 4.78. The fourth-order valence-electron chi connectivity index (χ4n) is 1.43. The number of alkyl carbamates (subject to hydrolysis) is 1. The molecule has 0 bridgehead atoms. The maximum atomic E-state index is 11.8. The third kappa shape index (κ3) is 7.81. The Bertz CT molecular complexity index is 367. The molecule has 5 heteroatoms. The lowest BCUT2D eigenvalue weighted by molar-refractivity contribution is -0.138. The second-order valence-electron chi connectivity index (χ2n) is 5.99. The molecular weight excluding hydrogens is 258 g/mol. The van der Waals surface area contributed by atoms with E-state index in [2.05, 4.69) is 5.32 Å². The molecule has 0 aliphatic carbocycles. The van der Waals surface area contributed by atoms with E-state index in [4.69, 9.17) is 9.47 Å². The molecule has 0 rings (SSSR count). The highest BCUT2D eigenvalue weighted by molar-refractivity contribution is 5.88. The number of esters is 1. The van der Waals surface area contributed by atoms with Gasteiger partial charge in [-0.25, -0.2) is 9.59 Å². The summed E-state index contributed by atoms with van der Waals surface area (Å²) < 4.78 is 10.1. The van der Waals surface area contributed by atoms with E-state index in [1.165, 1.54) is 0 Å². The van der Waals surface area contributed by atoms with Crippen molar-refractivity contribution >= 4 is 12.1 Å². The van der Waals surface area contributed by atoms with E-state index in [1.54, 1.807) is 40.7 Å². The Morgan fingerprint density at radius 3 is 2.20 bits per heavy atom. The van der Waals surface area contributed by atoms with Crippen molar-refractivity contribution < 1.29 is 19.1 Å². The highest BCUT2D eigenvalue weighted by Gasteiger charge is 2.21. The van der Waals surface area contributed by atoms with Gasteiger partial charge in [-0.05, 0) is 40.5 Å². The molecule has 5 nitrogen and oxygen atoms in total. The van der Waals surface area contributed by atoms with Crippen LogP contribution < -0.4 is 5.32 Å². The molecule has 1 unspecified atom stereocenters. The van der Waals surface area contributed by atoms with Crippen molar-refractivity contribution in [2.45, 2.75) is 60.1 Å². The Morgan fingerprint density at radius 1 is 1.25 bits per heavy atom. The molecule has 0 radical (unpaired) electrons. The number of carbonyl (C=O) groups is 2. The van der Waals surface area contributed by atoms with Crippen LogP contribution in [0.15, 0.2) is 11.6 Å². The van der Waals surface area contributed by atoms with Crippen molar-refractivity contribution in [2.75, 3.05) is 6.61 Å². The summed E-state index contributed by atoms with van der Waals surface area (Å²) in [6, 6.07) is -0.283. The van der Waals surface area contributed by atoms with Crippen LogP contribution in [0.4, 0.5) is 4.79 Å². The average Bonchev–Trinajstić information content (AvgIpc) is 2.25. The number of rotatable bonds is 5. The number of hydrogen-bond donors (Lipinski definition) is 1. The number of hydrogen-bond acceptors (Lipinski definition) is 4. The predicted octanol–water partition coefficient (Wildman–Crippen LogP) is 3.05. The highest BCUT2D eigenvalue weighted by atomic mass is 16.6. The second kappa shape index (κ2) is 7.92. The van der Waals surface area contributed by atoms with Gasteiger partial charge in [0.1, 0.15) is 5.60 Å². The molecule has 116 valence electrons. The fraction of sp³-hybridized carbons (Fsp3) is 0.733. The lowest BCUT2D eigenvalue weighted by Crippen LogP contribution is -2.41. The summed E-state index contributed by atoms with van der Waals surface area (Å²) in [7, 11) is 0. The molecule has 0 aliphatic heterocycles. The second-order valence-corrected chi connectivity index (χ2v) is 5.99. The summed E-state index contributed by atoms with van der Waals surface area (Å²) >= 11 is 0. The Hall–Kier alpha value is -1.52. The van der Waals surface area contributed by atoms with E-state index in [9.17, 15) is 9.59 Å². The summed E-state index contributed by atoms with van der Waals surface area (Å²) in [4.78, 5) is 23.4. The molecule has 0 saturated carbocycles. The normalized spacial score (nSPS) is 13.9. The van der Waals surface area contributed by atoms with Crippen LogP contribution in [0.1, 0.15) is 48.5 Å². The third-order valence-electron chi connectivity index (χ3n) is 2.43. The van der Waals surface area contributed by atoms with Crippen LogP contribution in [-0.2, 0) is 14.3 Å². The number of nitrogens with one attached hydrogen (secondary N) is 1. The van der Waals surface area contributed by atoms with Gasteiger partial charge in [-0.2, -0.15) is 0 Å². The topological polar surface area (TPSA) is 64.6 Å². The van der Waals surface area contributed by atoms with Gasteiger partial charge in [0.15, 0.2) is 0 Å². The standard InChI is InChI=1S/C15H27NO4/c1-8-19-13(17)11(4)9-12(10(2)3)16-14(18)20-15(5,6)7/h9-10,12H,8H2,1-7H3,(H,16,18)/b11-9+. The van der Waals surface area contributed by atoms with Crippen molar-refractivity contribution in [3.05, 3.63) is 11.6 Å². The molecule has 20 heavy (non-hydrogen) atoms. The van der Waals surface area contributed by atoms with Gasteiger partial charge in [0.25, 0.3) is 0 Å². The van der Waals surface area contributed by atoms with Gasteiger partial charge >= 0.3 is 12.1 Å². The number of amides is 1. The quantitative estimate of drug-likeness (QED) is 0.623. The Labute approximate surface area is 121 Å². The van der Waals surface area contributed by atoms with Gasteiger partial charge in [-0.1, -0.05) is 19.9 Å². The Morgan fingerprint density at radius 2 is 1.80 bits per heavy atom. The first-order valence-electron chi connectivity index (χ1n) is 6.92. The minimum Gasteiger partial charge on any atom is -0.463 e. The lowest BCUT2D eigenvalue weighted by atomic mass is 10.0. The van der Waals surface area contributed by atoms with E-state index in [-0.39, 0.29) is 17.9 Å². The molecule has 0 fully saturated rings. The minimum absolute atomic E-state index is 0.131. The van der Waals surface area contributed by atoms with Crippen molar-refractivity contribution in [2.24, 2.45) is 5.92 Å². The zero-order chi connectivity index (χ0) is 15.9. The fourth-order valence-corrected chi connectivity index (χ4v) is 1.43. The van der Waals surface area contributed by atoms with Gasteiger partial charge in [-0.15, -0.1) is 0 Å². The molecule has 0 aromatic carbocycles. The van der Waals surface area contributed by atoms with Crippen LogP contribution in [0.2, 0.25) is 0 Å². The highest BCUT2D eigenvalue weighted by Crippen LogP contribution is 2.11. The minimum atomic E-state index is -0.550. The monoisotopic (exact) mass is 285 g/mol. The van der Waals surface area contributed by atoms with Crippen molar-refractivity contribution in [3.8, 4) is 0 Å². The van der Waals surface area contributed by atoms with Gasteiger partial charge in [0, 0.05) is 5.57 Å². The molecule has 1 amide bonds. The number of carbonyl (C=O) groups excluding carboxylic acids is 2. The first kappa shape index (κ1) is 18.5. The summed E-state index contributed by atoms with van der Waals surface area (Å²) in [6.07, 6.45) is 1.20. The van der Waals surface area contributed by atoms with E-state index in [0.717, 1.165) is 0 Å². The van der Waals surface area contributed by atoms with E-state index < -0.39 is 11.7 Å². The molecule has 1 atom stereocenters. The predicted molar refractivity (Wildman–Crippen MR) is 78.4 cm³/mol. The largest absolute Gasteiger partial charge is 0.463 e. The van der Waals surface area contributed by atoms with Crippen LogP contribution in [0.25, 0.3) is 0 Å². The summed E-state index contributed by atoms with van der Waals surface area (Å²) in [5, 5.41) is 2.76. The zero-order valence-corrected chi connectivity index (χ0v) is 13.6. The zero-order valence-electron chi connectivity index (χ0n) is 13.6. The van der Waals surface area contributed by atoms with Gasteiger partial charge in [-0.3, -0.25) is 0 Å². The summed E-state index contributed by atoms with van der Waals surface area (Å²) in [5.41, 5.74) is -0.0764. The first-order chi connectivity index (χ1) is 9.06. The molecule has 0 aromatic heterocycles. The molecule has 0 saturated heterocycles. The summed E-state index contributed by atoms with van der Waals surface area (Å²) in [6.45, 7) is 13.1. The van der Waals surface area contributed by atoms with Crippen LogP contribution in [0, 0.1) is 5.92 Å². The van der Waals surface area contributed by atoms with Crippen molar-refractivity contribution in [1.82, 2.24) is 5.32 Å². The molecule has 0 spiro atoms. The van der Waals surface area contributed by atoms with Crippen molar-refractivity contribution in [3.63, 3.8) is 0 Å². The van der Waals surface area contributed by atoms with E-state index in [1.807, 2.05) is 13.8 Å². The molecule has 0 heterocycles. The van der Waals surface area contributed by atoms with Crippen LogP contribution in [-0.4, -0.2) is 30.3 Å². The van der Waals surface area contributed by atoms with E-state index in [0.29, 0.717) is 12.2 Å². The van der Waals surface area contributed by atoms with Crippen LogP contribution >= 0.6 is 0 Å². The van der Waals surface area contributed by atoms with Gasteiger partial charge in [0.05, 0.1) is 12.6 Å². The first-order valence-corrected chi connectivity index (χ1v) is 6.92.